The fourth-order valence-corrected chi connectivity index (χ4v) is 0.302. The van der Waals surface area contributed by atoms with Crippen LogP contribution < -0.4 is 0 Å². The molecule has 0 aliphatic carbocycles. The molecule has 0 rings (SSSR count). The molecule has 0 heterocycles. The minimum absolute atomic E-state index is 0.742. The van der Waals surface area contributed by atoms with Gasteiger partial charge in [-0.05, 0) is 12.8 Å². The molecule has 0 fully saturated rings. The predicted octanol–water partition coefficient (Wildman–Crippen LogP) is 1.24. The van der Waals surface area contributed by atoms with Gasteiger partial charge in [0.15, 0.2) is 0 Å². The number of carboxylic acids is 1. The van der Waals surface area contributed by atoms with Crippen molar-refractivity contribution < 1.29 is 9.90 Å². The summed E-state index contributed by atoms with van der Waals surface area (Å²) < 4.78 is 0. The Balaban J connectivity index is 3.20. The molecule has 1 N–H and O–H groups in total. The number of hydrogen-bond donors (Lipinski definition) is 1. The van der Waals surface area contributed by atoms with Crippen molar-refractivity contribution in [3.05, 3.63) is 19.1 Å². The van der Waals surface area contributed by atoms with Gasteiger partial charge in [0.05, 0.1) is 0 Å². The van der Waals surface area contributed by atoms with Crippen molar-refractivity contribution in [3.8, 4) is 0 Å². The minimum atomic E-state index is -0.890. The monoisotopic (exact) mass is 113 g/mol. The van der Waals surface area contributed by atoms with Crippen LogP contribution in [0.4, 0.5) is 0 Å². The van der Waals surface area contributed by atoms with E-state index in [1.807, 2.05) is 0 Å². The third kappa shape index (κ3) is 5.21. The quantitative estimate of drug-likeness (QED) is 0.559. The zero-order valence-electron chi connectivity index (χ0n) is 4.63. The number of allylic oxidation sites excluding steroid dienone is 1. The summed E-state index contributed by atoms with van der Waals surface area (Å²) in [6.07, 6.45) is 4.22. The van der Waals surface area contributed by atoms with Crippen LogP contribution in [0.1, 0.15) is 12.8 Å². The van der Waals surface area contributed by atoms with Crippen LogP contribution in [0.15, 0.2) is 12.2 Å². The molecule has 0 saturated carbocycles. The summed E-state index contributed by atoms with van der Waals surface area (Å²) in [4.78, 5) is 9.77. The van der Waals surface area contributed by atoms with E-state index < -0.39 is 5.97 Å². The molecule has 0 bridgehead atoms. The van der Waals surface area contributed by atoms with Crippen LogP contribution in [0.3, 0.4) is 0 Å². The molecule has 45 valence electrons. The van der Waals surface area contributed by atoms with Crippen LogP contribution in [0.2, 0.25) is 0 Å². The number of rotatable bonds is 3. The fraction of sp³-hybridized carbons (Fsp3) is 0.333. The summed E-state index contributed by atoms with van der Waals surface area (Å²) in [5, 5.41) is 8.03. The zero-order valence-corrected chi connectivity index (χ0v) is 4.63. The highest BCUT2D eigenvalue weighted by molar-refractivity contribution is 5.79. The second-order valence-corrected chi connectivity index (χ2v) is 1.38. The Morgan fingerprint density at radius 1 is 1.75 bits per heavy atom. The first kappa shape index (κ1) is 7.21. The Bertz CT molecular complexity index is 94.7. The highest BCUT2D eigenvalue weighted by Crippen LogP contribution is 1.86. The molecule has 0 aromatic heterocycles. The van der Waals surface area contributed by atoms with Gasteiger partial charge in [0.25, 0.3) is 0 Å². The minimum Gasteiger partial charge on any atom is -0.478 e. The van der Waals surface area contributed by atoms with E-state index in [0.29, 0.717) is 0 Å². The molecule has 2 nitrogen and oxygen atoms in total. The molecule has 0 aliphatic rings. The maximum atomic E-state index is 9.77. The average Bonchev–Trinajstić information content (AvgIpc) is 1.66. The lowest BCUT2D eigenvalue weighted by Crippen LogP contribution is -1.84. The largest absolute Gasteiger partial charge is 0.478 e. The fourth-order valence-electron chi connectivity index (χ4n) is 0.302. The first-order valence-electron chi connectivity index (χ1n) is 2.46. The van der Waals surface area contributed by atoms with Crippen LogP contribution in [0.5, 0.6) is 0 Å². The van der Waals surface area contributed by atoms with Crippen LogP contribution in [0, 0.1) is 6.92 Å². The molecule has 0 amide bonds. The first-order chi connectivity index (χ1) is 3.77. The van der Waals surface area contributed by atoms with E-state index in [1.54, 1.807) is 6.08 Å². The van der Waals surface area contributed by atoms with E-state index in [2.05, 4.69) is 6.92 Å². The van der Waals surface area contributed by atoms with Crippen molar-refractivity contribution in [3.63, 3.8) is 0 Å². The summed E-state index contributed by atoms with van der Waals surface area (Å²) in [5.41, 5.74) is 0. The third-order valence-electron chi connectivity index (χ3n) is 0.631. The standard InChI is InChI=1S/C6H9O2/c1-2-3-4-5-6(7)8/h4-5H,1-3H2,(H,7,8)/b5-4+. The molecule has 0 aliphatic heterocycles. The van der Waals surface area contributed by atoms with Gasteiger partial charge in [-0.3, -0.25) is 0 Å². The molecule has 0 unspecified atom stereocenters. The number of carboxylic acid groups (broad SMARTS) is 1. The third-order valence-corrected chi connectivity index (χ3v) is 0.631. The van der Waals surface area contributed by atoms with Crippen molar-refractivity contribution >= 4 is 5.97 Å². The molecule has 2 heteroatoms. The molecule has 8 heavy (non-hydrogen) atoms. The Morgan fingerprint density at radius 2 is 2.38 bits per heavy atom. The molecule has 0 aromatic rings. The van der Waals surface area contributed by atoms with E-state index in [1.165, 1.54) is 0 Å². The lowest BCUT2D eigenvalue weighted by molar-refractivity contribution is -0.131. The Hall–Kier alpha value is -0.790. The second-order valence-electron chi connectivity index (χ2n) is 1.38. The van der Waals surface area contributed by atoms with Gasteiger partial charge in [0.1, 0.15) is 0 Å². The summed E-state index contributed by atoms with van der Waals surface area (Å²) >= 11 is 0. The van der Waals surface area contributed by atoms with Gasteiger partial charge in [-0.2, -0.15) is 0 Å². The molecule has 1 radical (unpaired) electrons. The molecular weight excluding hydrogens is 104 g/mol. The van der Waals surface area contributed by atoms with E-state index in [9.17, 15) is 4.79 Å². The van der Waals surface area contributed by atoms with Gasteiger partial charge in [0.2, 0.25) is 0 Å². The van der Waals surface area contributed by atoms with Gasteiger partial charge < -0.3 is 5.11 Å². The maximum Gasteiger partial charge on any atom is 0.327 e. The van der Waals surface area contributed by atoms with Crippen LogP contribution >= 0.6 is 0 Å². The van der Waals surface area contributed by atoms with Gasteiger partial charge >= 0.3 is 5.97 Å². The zero-order chi connectivity index (χ0) is 6.41. The maximum absolute atomic E-state index is 9.77. The smallest absolute Gasteiger partial charge is 0.327 e. The Kier molecular flexibility index (Phi) is 3.94. The molecule has 0 atom stereocenters. The number of hydrogen-bond acceptors (Lipinski definition) is 1. The van der Waals surface area contributed by atoms with Crippen molar-refractivity contribution in [2.75, 3.05) is 0 Å². The molecule has 0 spiro atoms. The van der Waals surface area contributed by atoms with Crippen LogP contribution in [0.25, 0.3) is 0 Å². The number of aliphatic carboxylic acids is 1. The summed E-state index contributed by atoms with van der Waals surface area (Å²) in [5.74, 6) is -0.890. The Morgan fingerprint density at radius 3 is 2.75 bits per heavy atom. The van der Waals surface area contributed by atoms with Gasteiger partial charge in [0, 0.05) is 6.08 Å². The van der Waals surface area contributed by atoms with E-state index >= 15 is 0 Å². The Labute approximate surface area is 48.8 Å². The lowest BCUT2D eigenvalue weighted by atomic mass is 10.3. The summed E-state index contributed by atoms with van der Waals surface area (Å²) in [7, 11) is 0. The number of carbonyl (C=O) groups is 1. The van der Waals surface area contributed by atoms with Gasteiger partial charge in [-0.15, -0.1) is 0 Å². The van der Waals surface area contributed by atoms with Crippen LogP contribution in [-0.4, -0.2) is 11.1 Å². The van der Waals surface area contributed by atoms with Crippen molar-refractivity contribution in [2.24, 2.45) is 0 Å². The normalized spacial score (nSPS) is 10.1. The second kappa shape index (κ2) is 4.37. The molecular formula is C6H9O2. The summed E-state index contributed by atoms with van der Waals surface area (Å²) in [6.45, 7) is 3.54. The highest BCUT2D eigenvalue weighted by Gasteiger charge is 1.81. The van der Waals surface area contributed by atoms with E-state index in [0.717, 1.165) is 18.9 Å². The summed E-state index contributed by atoms with van der Waals surface area (Å²) in [6, 6.07) is 0. The molecule has 0 aromatic carbocycles. The average molecular weight is 113 g/mol. The van der Waals surface area contributed by atoms with E-state index in [4.69, 9.17) is 5.11 Å². The van der Waals surface area contributed by atoms with Crippen molar-refractivity contribution in [2.45, 2.75) is 12.8 Å². The lowest BCUT2D eigenvalue weighted by Gasteiger charge is -1.79. The number of unbranched alkanes of at least 4 members (excludes halogenated alkanes) is 1. The van der Waals surface area contributed by atoms with E-state index in [-0.39, 0.29) is 0 Å². The van der Waals surface area contributed by atoms with Gasteiger partial charge in [-0.1, -0.05) is 13.0 Å². The van der Waals surface area contributed by atoms with Crippen molar-refractivity contribution in [1.29, 1.82) is 0 Å². The highest BCUT2D eigenvalue weighted by atomic mass is 16.4. The first-order valence-corrected chi connectivity index (χ1v) is 2.46. The van der Waals surface area contributed by atoms with Gasteiger partial charge in [-0.25, -0.2) is 4.79 Å². The topological polar surface area (TPSA) is 37.3 Å². The predicted molar refractivity (Wildman–Crippen MR) is 31.4 cm³/mol. The SMILES string of the molecule is [CH2]CC/C=C/C(=O)O. The van der Waals surface area contributed by atoms with Crippen molar-refractivity contribution in [1.82, 2.24) is 0 Å². The molecule has 0 saturated heterocycles. The van der Waals surface area contributed by atoms with Crippen LogP contribution in [-0.2, 0) is 4.79 Å².